The molecule has 0 aliphatic carbocycles. The van der Waals surface area contributed by atoms with Crippen LogP contribution in [0.25, 0.3) is 0 Å². The van der Waals surface area contributed by atoms with Crippen LogP contribution in [0.5, 0.6) is 0 Å². The summed E-state index contributed by atoms with van der Waals surface area (Å²) in [5, 5.41) is 0. The maximum atomic E-state index is 12.0. The van der Waals surface area contributed by atoms with Crippen molar-refractivity contribution in [2.75, 3.05) is 165 Å². The molecule has 0 N–H and O–H groups in total. The zero-order valence-corrected chi connectivity index (χ0v) is 38.1. The molecule has 59 heavy (non-hydrogen) atoms. The molecule has 0 saturated heterocycles. The van der Waals surface area contributed by atoms with Gasteiger partial charge in [-0.1, -0.05) is 97.8 Å². The Morgan fingerprint density at radius 3 is 0.797 bits per heavy atom. The maximum Gasteiger partial charge on any atom is 0.308 e. The smallest absolute Gasteiger partial charge is 0.308 e. The molecule has 0 aromatic rings. The van der Waals surface area contributed by atoms with Crippen molar-refractivity contribution in [2.45, 2.75) is 117 Å². The molecule has 0 aliphatic heterocycles. The van der Waals surface area contributed by atoms with Crippen LogP contribution in [-0.4, -0.2) is 171 Å². The van der Waals surface area contributed by atoms with Crippen molar-refractivity contribution in [3.8, 4) is 0 Å². The average molecular weight is 855 g/mol. The fourth-order valence-electron chi connectivity index (χ4n) is 5.65. The molecule has 0 amide bonds. The number of carbonyl (C=O) groups is 1. The van der Waals surface area contributed by atoms with Gasteiger partial charge in [-0.25, -0.2) is 0 Å². The van der Waals surface area contributed by atoms with Gasteiger partial charge in [-0.3, -0.25) is 4.79 Å². The molecule has 0 radical (unpaired) electrons. The van der Waals surface area contributed by atoms with Crippen molar-refractivity contribution < 1.29 is 66.4 Å². The normalized spacial score (nSPS) is 12.1. The van der Waals surface area contributed by atoms with E-state index >= 15 is 0 Å². The molecule has 0 saturated carbocycles. The van der Waals surface area contributed by atoms with Crippen LogP contribution in [0, 0.1) is 5.92 Å². The van der Waals surface area contributed by atoms with Gasteiger partial charge in [0.1, 0.15) is 6.61 Å². The van der Waals surface area contributed by atoms with Crippen LogP contribution < -0.4 is 0 Å². The summed E-state index contributed by atoms with van der Waals surface area (Å²) in [6.07, 6.45) is 18.7. The highest BCUT2D eigenvalue weighted by Crippen LogP contribution is 2.14. The van der Waals surface area contributed by atoms with E-state index in [0.717, 1.165) is 38.7 Å². The first-order valence-electron chi connectivity index (χ1n) is 23.4. The predicted octanol–water partition coefficient (Wildman–Crippen LogP) is 7.26. The third-order valence-corrected chi connectivity index (χ3v) is 9.19. The summed E-state index contributed by atoms with van der Waals surface area (Å²) in [6.45, 7) is 19.3. The first-order valence-corrected chi connectivity index (χ1v) is 23.4. The van der Waals surface area contributed by atoms with Crippen LogP contribution in [0.4, 0.5) is 0 Å². The van der Waals surface area contributed by atoms with Gasteiger partial charge in [0.05, 0.1) is 158 Å². The molecule has 0 bridgehead atoms. The minimum absolute atomic E-state index is 0.00456. The minimum Gasteiger partial charge on any atom is -0.463 e. The second kappa shape index (κ2) is 53.1. The fraction of sp³-hybridized carbons (Fsp3) is 0.978. The Morgan fingerprint density at radius 2 is 0.525 bits per heavy atom. The summed E-state index contributed by atoms with van der Waals surface area (Å²) in [5.41, 5.74) is 0. The number of rotatable bonds is 53. The lowest BCUT2D eigenvalue weighted by Gasteiger charge is -2.13. The quantitative estimate of drug-likeness (QED) is 0.0449. The Kier molecular flexibility index (Phi) is 52.2. The summed E-state index contributed by atoms with van der Waals surface area (Å²) >= 11 is 0. The molecule has 354 valence electrons. The van der Waals surface area contributed by atoms with E-state index < -0.39 is 0 Å². The van der Waals surface area contributed by atoms with Gasteiger partial charge in [0.25, 0.3) is 0 Å². The second-order valence-electron chi connectivity index (χ2n) is 14.3. The van der Waals surface area contributed by atoms with Crippen molar-refractivity contribution in [2.24, 2.45) is 5.92 Å². The summed E-state index contributed by atoms with van der Waals surface area (Å²) in [4.78, 5) is 12.0. The third kappa shape index (κ3) is 49.5. The molecule has 0 aromatic heterocycles. The van der Waals surface area contributed by atoms with E-state index in [1.165, 1.54) is 64.2 Å². The van der Waals surface area contributed by atoms with Gasteiger partial charge in [-0.05, 0) is 19.3 Å². The molecule has 0 heterocycles. The summed E-state index contributed by atoms with van der Waals surface area (Å²) < 4.78 is 71.6. The van der Waals surface area contributed by atoms with Crippen LogP contribution >= 0.6 is 0 Å². The Bertz CT molecular complexity index is 781. The number of ether oxygens (including phenoxy) is 13. The lowest BCUT2D eigenvalue weighted by atomic mass is 10.00. The second-order valence-corrected chi connectivity index (χ2v) is 14.3. The average Bonchev–Trinajstić information content (AvgIpc) is 3.24. The van der Waals surface area contributed by atoms with Gasteiger partial charge >= 0.3 is 5.97 Å². The van der Waals surface area contributed by atoms with Crippen LogP contribution in [-0.2, 0) is 66.4 Å². The lowest BCUT2D eigenvalue weighted by Crippen LogP contribution is -2.20. The number of carbonyl (C=O) groups excluding carboxylic acids is 1. The van der Waals surface area contributed by atoms with Crippen molar-refractivity contribution in [3.63, 3.8) is 0 Å². The van der Waals surface area contributed by atoms with Crippen LogP contribution in [0.3, 0.4) is 0 Å². The van der Waals surface area contributed by atoms with Crippen molar-refractivity contribution in [3.05, 3.63) is 0 Å². The van der Waals surface area contributed by atoms with Gasteiger partial charge in [0, 0.05) is 6.61 Å². The Hall–Kier alpha value is -1.01. The number of hydrogen-bond donors (Lipinski definition) is 0. The van der Waals surface area contributed by atoms with E-state index in [-0.39, 0.29) is 18.5 Å². The molecule has 0 fully saturated rings. The van der Waals surface area contributed by atoms with E-state index in [2.05, 4.69) is 13.8 Å². The summed E-state index contributed by atoms with van der Waals surface area (Å²) in [6, 6.07) is 0. The third-order valence-electron chi connectivity index (χ3n) is 9.19. The highest BCUT2D eigenvalue weighted by Gasteiger charge is 2.17. The van der Waals surface area contributed by atoms with Gasteiger partial charge in [-0.2, -0.15) is 0 Å². The Morgan fingerprint density at radius 1 is 0.288 bits per heavy atom. The zero-order chi connectivity index (χ0) is 42.6. The van der Waals surface area contributed by atoms with E-state index in [4.69, 9.17) is 61.6 Å². The molecule has 0 aliphatic rings. The Labute approximate surface area is 359 Å². The zero-order valence-electron chi connectivity index (χ0n) is 38.1. The largest absolute Gasteiger partial charge is 0.463 e. The molecular formula is C45H90O14. The first kappa shape index (κ1) is 58.0. The highest BCUT2D eigenvalue weighted by molar-refractivity contribution is 5.72. The molecular weight excluding hydrogens is 764 g/mol. The fourth-order valence-corrected chi connectivity index (χ4v) is 5.65. The lowest BCUT2D eigenvalue weighted by molar-refractivity contribution is -0.150. The van der Waals surface area contributed by atoms with Crippen LogP contribution in [0.1, 0.15) is 117 Å². The molecule has 14 heteroatoms. The monoisotopic (exact) mass is 855 g/mol. The van der Waals surface area contributed by atoms with Crippen molar-refractivity contribution in [1.29, 1.82) is 0 Å². The van der Waals surface area contributed by atoms with Crippen LogP contribution in [0.2, 0.25) is 0 Å². The molecule has 0 spiro atoms. The maximum absolute atomic E-state index is 12.0. The SMILES string of the molecule is CCCCCCCCCCCCCOCCOCCOCCOCCOCCOCCOCCOCCOCCOCCOCCOCCOC(=O)C(CC)CCCC. The number of esters is 1. The number of hydrogen-bond acceptors (Lipinski definition) is 14. The van der Waals surface area contributed by atoms with E-state index in [0.29, 0.717) is 152 Å². The van der Waals surface area contributed by atoms with Gasteiger partial charge in [0.2, 0.25) is 0 Å². The number of unbranched alkanes of at least 4 members (excludes halogenated alkanes) is 11. The summed E-state index contributed by atoms with van der Waals surface area (Å²) in [5.74, 6) is -0.124. The molecule has 14 nitrogen and oxygen atoms in total. The first-order chi connectivity index (χ1) is 29.3. The van der Waals surface area contributed by atoms with Gasteiger partial charge in [0.15, 0.2) is 0 Å². The van der Waals surface area contributed by atoms with Crippen molar-refractivity contribution >= 4 is 5.97 Å². The molecule has 0 rings (SSSR count). The topological polar surface area (TPSA) is 137 Å². The van der Waals surface area contributed by atoms with Crippen LogP contribution in [0.15, 0.2) is 0 Å². The van der Waals surface area contributed by atoms with Crippen molar-refractivity contribution in [1.82, 2.24) is 0 Å². The standard InChI is InChI=1S/C45H90O14/c1-4-7-9-10-11-12-13-14-15-16-17-19-47-20-21-48-22-23-49-24-25-50-26-27-51-28-29-52-30-31-53-32-33-54-34-35-55-36-37-56-38-39-57-40-41-58-42-43-59-45(46)44(6-3)18-8-5-2/h44H,4-43H2,1-3H3. The predicted molar refractivity (Wildman–Crippen MR) is 231 cm³/mol. The summed E-state index contributed by atoms with van der Waals surface area (Å²) in [7, 11) is 0. The molecule has 0 aromatic carbocycles. The molecule has 1 unspecified atom stereocenters. The van der Waals surface area contributed by atoms with E-state index in [9.17, 15) is 4.79 Å². The molecule has 1 atom stereocenters. The van der Waals surface area contributed by atoms with E-state index in [1.54, 1.807) is 0 Å². The van der Waals surface area contributed by atoms with Gasteiger partial charge < -0.3 is 61.6 Å². The highest BCUT2D eigenvalue weighted by atomic mass is 16.6. The Balaban J connectivity index is 3.12. The van der Waals surface area contributed by atoms with E-state index in [1.807, 2.05) is 6.92 Å². The minimum atomic E-state index is -0.119. The van der Waals surface area contributed by atoms with Gasteiger partial charge in [-0.15, -0.1) is 0 Å².